The van der Waals surface area contributed by atoms with Crippen molar-refractivity contribution in [2.75, 3.05) is 0 Å². The SMILES string of the molecule is C1=CC2CC1C1C3CCC(C3)C21.CC.CC. The molecule has 0 radical (unpaired) electrons. The van der Waals surface area contributed by atoms with E-state index < -0.39 is 0 Å². The van der Waals surface area contributed by atoms with Gasteiger partial charge in [-0.2, -0.15) is 0 Å². The Balaban J connectivity index is 0.000000221. The largest absolute Gasteiger partial charge is 0.0848 e. The number of hydrogen-bond acceptors (Lipinski definition) is 0. The van der Waals surface area contributed by atoms with E-state index >= 15 is 0 Å². The van der Waals surface area contributed by atoms with Crippen LogP contribution in [-0.4, -0.2) is 0 Å². The molecule has 0 amide bonds. The summed E-state index contributed by atoms with van der Waals surface area (Å²) < 4.78 is 0. The summed E-state index contributed by atoms with van der Waals surface area (Å²) >= 11 is 0. The lowest BCUT2D eigenvalue weighted by Gasteiger charge is -2.31. The summed E-state index contributed by atoms with van der Waals surface area (Å²) in [5.41, 5.74) is 0. The fraction of sp³-hybridized carbons (Fsp3) is 0.875. The van der Waals surface area contributed by atoms with Crippen molar-refractivity contribution in [1.29, 1.82) is 0 Å². The summed E-state index contributed by atoms with van der Waals surface area (Å²) in [6, 6.07) is 0. The van der Waals surface area contributed by atoms with Crippen molar-refractivity contribution in [2.45, 2.75) is 53.4 Å². The number of hydrogen-bond donors (Lipinski definition) is 0. The zero-order valence-electron chi connectivity index (χ0n) is 11.4. The number of fused-ring (bicyclic) bond motifs is 9. The highest BCUT2D eigenvalue weighted by molar-refractivity contribution is 5.19. The highest BCUT2D eigenvalue weighted by Crippen LogP contribution is 2.65. The Morgan fingerprint density at radius 1 is 0.688 bits per heavy atom. The van der Waals surface area contributed by atoms with Crippen LogP contribution in [0.3, 0.4) is 0 Å². The molecule has 0 aliphatic heterocycles. The Morgan fingerprint density at radius 2 is 1.12 bits per heavy atom. The van der Waals surface area contributed by atoms with Crippen molar-refractivity contribution >= 4 is 0 Å². The van der Waals surface area contributed by atoms with Crippen LogP contribution in [-0.2, 0) is 0 Å². The van der Waals surface area contributed by atoms with Gasteiger partial charge in [0.1, 0.15) is 0 Å². The summed E-state index contributed by atoms with van der Waals surface area (Å²) in [5.74, 6) is 6.66. The molecule has 92 valence electrons. The molecule has 0 heteroatoms. The number of rotatable bonds is 0. The molecule has 4 aliphatic rings. The van der Waals surface area contributed by atoms with Crippen LogP contribution in [0.4, 0.5) is 0 Å². The molecule has 0 aromatic carbocycles. The smallest absolute Gasteiger partial charge is 0.0194 e. The van der Waals surface area contributed by atoms with Crippen LogP contribution in [0, 0.1) is 35.5 Å². The molecule has 0 saturated heterocycles. The van der Waals surface area contributed by atoms with Crippen LogP contribution in [0.25, 0.3) is 0 Å². The Morgan fingerprint density at radius 3 is 1.56 bits per heavy atom. The average molecular weight is 220 g/mol. The zero-order valence-corrected chi connectivity index (χ0v) is 11.4. The first-order valence-electron chi connectivity index (χ1n) is 7.62. The lowest BCUT2D eigenvalue weighted by atomic mass is 9.73. The van der Waals surface area contributed by atoms with E-state index in [1.807, 2.05) is 27.7 Å². The molecule has 6 unspecified atom stereocenters. The van der Waals surface area contributed by atoms with Gasteiger partial charge in [0.2, 0.25) is 0 Å². The zero-order chi connectivity index (χ0) is 11.7. The van der Waals surface area contributed by atoms with Crippen LogP contribution in [0.1, 0.15) is 53.4 Å². The lowest BCUT2D eigenvalue weighted by molar-refractivity contribution is 0.206. The second-order valence-corrected chi connectivity index (χ2v) is 5.44. The molecule has 0 spiro atoms. The van der Waals surface area contributed by atoms with Crippen molar-refractivity contribution < 1.29 is 0 Å². The fourth-order valence-corrected chi connectivity index (χ4v) is 4.98. The lowest BCUT2D eigenvalue weighted by Crippen LogP contribution is -2.25. The topological polar surface area (TPSA) is 0 Å². The van der Waals surface area contributed by atoms with E-state index in [2.05, 4.69) is 12.2 Å². The van der Waals surface area contributed by atoms with E-state index in [4.69, 9.17) is 0 Å². The van der Waals surface area contributed by atoms with Crippen molar-refractivity contribution in [3.63, 3.8) is 0 Å². The van der Waals surface area contributed by atoms with Gasteiger partial charge in [-0.3, -0.25) is 0 Å². The van der Waals surface area contributed by atoms with Gasteiger partial charge >= 0.3 is 0 Å². The third-order valence-electron chi connectivity index (χ3n) is 5.19. The molecule has 0 aromatic rings. The first-order valence-corrected chi connectivity index (χ1v) is 7.62. The van der Waals surface area contributed by atoms with Crippen LogP contribution in [0.5, 0.6) is 0 Å². The summed E-state index contributed by atoms with van der Waals surface area (Å²) in [6.45, 7) is 8.00. The first kappa shape index (κ1) is 12.2. The van der Waals surface area contributed by atoms with Crippen LogP contribution in [0.15, 0.2) is 12.2 Å². The minimum absolute atomic E-state index is 1.02. The Labute approximate surface area is 102 Å². The van der Waals surface area contributed by atoms with Gasteiger partial charge in [-0.05, 0) is 61.2 Å². The maximum absolute atomic E-state index is 2.53. The van der Waals surface area contributed by atoms with Gasteiger partial charge in [-0.1, -0.05) is 39.8 Å². The third-order valence-corrected chi connectivity index (χ3v) is 5.19. The molecular formula is C16H28. The molecule has 4 rings (SSSR count). The summed E-state index contributed by atoms with van der Waals surface area (Å²) in [5, 5.41) is 0. The number of allylic oxidation sites excluding steroid dienone is 2. The molecule has 16 heavy (non-hydrogen) atoms. The maximum Gasteiger partial charge on any atom is -0.0194 e. The minimum atomic E-state index is 1.02. The second-order valence-electron chi connectivity index (χ2n) is 5.44. The van der Waals surface area contributed by atoms with Gasteiger partial charge in [0, 0.05) is 0 Å². The van der Waals surface area contributed by atoms with Crippen molar-refractivity contribution in [1.82, 2.24) is 0 Å². The van der Waals surface area contributed by atoms with Gasteiger partial charge in [-0.15, -0.1) is 0 Å². The van der Waals surface area contributed by atoms with E-state index in [0.717, 1.165) is 35.5 Å². The summed E-state index contributed by atoms with van der Waals surface area (Å²) in [6.07, 6.45) is 11.3. The summed E-state index contributed by atoms with van der Waals surface area (Å²) in [7, 11) is 0. The Hall–Kier alpha value is -0.260. The molecule has 0 heterocycles. The van der Waals surface area contributed by atoms with Gasteiger partial charge in [0.05, 0.1) is 0 Å². The molecule has 0 aromatic heterocycles. The highest BCUT2D eigenvalue weighted by atomic mass is 14.6. The second kappa shape index (κ2) is 4.94. The van der Waals surface area contributed by atoms with Crippen molar-refractivity contribution in [2.24, 2.45) is 35.5 Å². The standard InChI is InChI=1S/C12H16.2C2H6/c1-2-8-5-7(1)11-9-3-4-10(6-9)12(8)11;2*1-2/h1-2,7-12H,3-6H2;2*1-2H3. The maximum atomic E-state index is 2.53. The Bertz CT molecular complexity index is 229. The Kier molecular flexibility index (Phi) is 3.77. The van der Waals surface area contributed by atoms with Gasteiger partial charge in [0.25, 0.3) is 0 Å². The highest BCUT2D eigenvalue weighted by Gasteiger charge is 2.57. The van der Waals surface area contributed by atoms with E-state index in [9.17, 15) is 0 Å². The third kappa shape index (κ3) is 1.57. The molecular weight excluding hydrogens is 192 g/mol. The van der Waals surface area contributed by atoms with E-state index in [1.54, 1.807) is 19.3 Å². The molecule has 0 nitrogen and oxygen atoms in total. The van der Waals surface area contributed by atoms with E-state index in [1.165, 1.54) is 6.42 Å². The predicted molar refractivity (Wildman–Crippen MR) is 71.2 cm³/mol. The van der Waals surface area contributed by atoms with Gasteiger partial charge in [-0.25, -0.2) is 0 Å². The quantitative estimate of drug-likeness (QED) is 0.402. The van der Waals surface area contributed by atoms with Crippen LogP contribution >= 0.6 is 0 Å². The van der Waals surface area contributed by atoms with Gasteiger partial charge < -0.3 is 0 Å². The molecule has 4 bridgehead atoms. The van der Waals surface area contributed by atoms with E-state index in [0.29, 0.717) is 0 Å². The fourth-order valence-electron chi connectivity index (χ4n) is 4.98. The predicted octanol–water partition coefficient (Wildman–Crippen LogP) is 4.91. The average Bonchev–Trinajstić information content (AvgIpc) is 3.13. The molecule has 6 atom stereocenters. The normalized spacial score (nSPS) is 49.2. The molecule has 3 fully saturated rings. The first-order chi connectivity index (χ1) is 7.93. The molecule has 4 aliphatic carbocycles. The minimum Gasteiger partial charge on any atom is -0.0848 e. The van der Waals surface area contributed by atoms with Gasteiger partial charge in [0.15, 0.2) is 0 Å². The van der Waals surface area contributed by atoms with E-state index in [-0.39, 0.29) is 0 Å². The van der Waals surface area contributed by atoms with Crippen molar-refractivity contribution in [3.05, 3.63) is 12.2 Å². The van der Waals surface area contributed by atoms with Crippen LogP contribution < -0.4 is 0 Å². The molecule has 3 saturated carbocycles. The van der Waals surface area contributed by atoms with Crippen molar-refractivity contribution in [3.8, 4) is 0 Å². The van der Waals surface area contributed by atoms with Crippen LogP contribution in [0.2, 0.25) is 0 Å². The monoisotopic (exact) mass is 220 g/mol. The summed E-state index contributed by atoms with van der Waals surface area (Å²) in [4.78, 5) is 0. The molecule has 0 N–H and O–H groups in total.